The molecule has 1 nitrogen and oxygen atoms in total. The van der Waals surface area contributed by atoms with Gasteiger partial charge >= 0.3 is 0 Å². The van der Waals surface area contributed by atoms with Crippen LogP contribution in [0.2, 0.25) is 0 Å². The summed E-state index contributed by atoms with van der Waals surface area (Å²) in [5, 5.41) is 0. The molecule has 0 amide bonds. The zero-order valence-corrected chi connectivity index (χ0v) is 9.45. The maximum Gasteiger partial charge on any atom is 0.131 e. The molecular formula is C15H13O. The van der Waals surface area contributed by atoms with E-state index in [1.165, 1.54) is 11.1 Å². The Morgan fingerprint density at radius 1 is 1.00 bits per heavy atom. The third kappa shape index (κ3) is 1.18. The zero-order valence-electron chi connectivity index (χ0n) is 9.45. The fourth-order valence-corrected chi connectivity index (χ4v) is 2.33. The first-order chi connectivity index (χ1) is 7.69. The van der Waals surface area contributed by atoms with Crippen molar-refractivity contribution in [1.82, 2.24) is 0 Å². The topological polar surface area (TPSA) is 9.23 Å². The molecule has 0 aliphatic carbocycles. The van der Waals surface area contributed by atoms with E-state index in [1.54, 1.807) is 0 Å². The number of benzene rings is 2. The van der Waals surface area contributed by atoms with Gasteiger partial charge < -0.3 is 4.74 Å². The summed E-state index contributed by atoms with van der Waals surface area (Å²) in [6.45, 7) is 4.45. The standard InChI is InChI=1S/C15H13O/c1-15(2)11-7-3-5-9-13(11)16-14-10-6-4-8-12(14)15/h3,5-10H,1-2H3. The first-order valence-electron chi connectivity index (χ1n) is 5.47. The van der Waals surface area contributed by atoms with E-state index in [2.05, 4.69) is 32.0 Å². The van der Waals surface area contributed by atoms with E-state index < -0.39 is 0 Å². The summed E-state index contributed by atoms with van der Waals surface area (Å²) in [6, 6.07) is 17.2. The molecule has 0 saturated carbocycles. The van der Waals surface area contributed by atoms with Crippen LogP contribution in [0.3, 0.4) is 0 Å². The molecule has 0 fully saturated rings. The number of hydrogen-bond acceptors (Lipinski definition) is 1. The highest BCUT2D eigenvalue weighted by Crippen LogP contribution is 2.47. The predicted octanol–water partition coefficient (Wildman–Crippen LogP) is 3.92. The zero-order chi connectivity index (χ0) is 11.2. The molecule has 3 rings (SSSR count). The van der Waals surface area contributed by atoms with E-state index >= 15 is 0 Å². The Hall–Kier alpha value is -1.76. The molecule has 0 aromatic heterocycles. The van der Waals surface area contributed by atoms with Crippen LogP contribution in [0.4, 0.5) is 0 Å². The van der Waals surface area contributed by atoms with Crippen LogP contribution in [0.5, 0.6) is 11.5 Å². The molecule has 1 heteroatoms. The molecule has 0 unspecified atom stereocenters. The summed E-state index contributed by atoms with van der Waals surface area (Å²) in [6.07, 6.45) is 0. The minimum absolute atomic E-state index is 0.0120. The molecule has 0 N–H and O–H groups in total. The lowest BCUT2D eigenvalue weighted by Gasteiger charge is -2.34. The van der Waals surface area contributed by atoms with Gasteiger partial charge in [0.25, 0.3) is 0 Å². The van der Waals surface area contributed by atoms with E-state index in [9.17, 15) is 0 Å². The van der Waals surface area contributed by atoms with Crippen molar-refractivity contribution in [3.63, 3.8) is 0 Å². The quantitative estimate of drug-likeness (QED) is 0.639. The maximum absolute atomic E-state index is 5.89. The number of para-hydroxylation sites is 1. The van der Waals surface area contributed by atoms with Gasteiger partial charge in [-0.25, -0.2) is 0 Å². The van der Waals surface area contributed by atoms with Crippen molar-refractivity contribution in [1.29, 1.82) is 0 Å². The Morgan fingerprint density at radius 3 is 2.62 bits per heavy atom. The number of fused-ring (bicyclic) bond motifs is 2. The van der Waals surface area contributed by atoms with Crippen LogP contribution in [0.25, 0.3) is 0 Å². The van der Waals surface area contributed by atoms with Crippen LogP contribution in [-0.4, -0.2) is 0 Å². The van der Waals surface area contributed by atoms with Gasteiger partial charge in [-0.15, -0.1) is 0 Å². The number of rotatable bonds is 0. The highest BCUT2D eigenvalue weighted by atomic mass is 16.5. The van der Waals surface area contributed by atoms with Crippen molar-refractivity contribution in [2.45, 2.75) is 19.3 Å². The van der Waals surface area contributed by atoms with Crippen LogP contribution < -0.4 is 4.74 Å². The fourth-order valence-electron chi connectivity index (χ4n) is 2.33. The van der Waals surface area contributed by atoms with Crippen molar-refractivity contribution >= 4 is 0 Å². The number of ether oxygens (including phenoxy) is 1. The molecular weight excluding hydrogens is 196 g/mol. The van der Waals surface area contributed by atoms with Gasteiger partial charge in [-0.3, -0.25) is 0 Å². The van der Waals surface area contributed by atoms with Gasteiger partial charge in [-0.2, -0.15) is 0 Å². The summed E-state index contributed by atoms with van der Waals surface area (Å²) >= 11 is 0. The average Bonchev–Trinajstić information content (AvgIpc) is 2.29. The van der Waals surface area contributed by atoms with Crippen molar-refractivity contribution in [2.24, 2.45) is 0 Å². The van der Waals surface area contributed by atoms with Crippen LogP contribution in [-0.2, 0) is 5.41 Å². The van der Waals surface area contributed by atoms with Gasteiger partial charge in [0.15, 0.2) is 0 Å². The highest BCUT2D eigenvalue weighted by Gasteiger charge is 2.33. The SMILES string of the molecule is CC1(C)c2c[c]ccc2Oc2ccccc21. The molecule has 16 heavy (non-hydrogen) atoms. The predicted molar refractivity (Wildman–Crippen MR) is 63.9 cm³/mol. The monoisotopic (exact) mass is 209 g/mol. The lowest BCUT2D eigenvalue weighted by molar-refractivity contribution is 0.418. The first kappa shape index (κ1) is 9.46. The van der Waals surface area contributed by atoms with Crippen LogP contribution in [0.1, 0.15) is 25.0 Å². The van der Waals surface area contributed by atoms with Gasteiger partial charge in [-0.05, 0) is 24.3 Å². The van der Waals surface area contributed by atoms with Crippen molar-refractivity contribution < 1.29 is 4.74 Å². The molecule has 0 bridgehead atoms. The Morgan fingerprint density at radius 2 is 1.75 bits per heavy atom. The summed E-state index contributed by atoms with van der Waals surface area (Å²) < 4.78 is 5.89. The van der Waals surface area contributed by atoms with Crippen LogP contribution in [0.15, 0.2) is 42.5 Å². The minimum atomic E-state index is -0.0120. The van der Waals surface area contributed by atoms with E-state index in [0.717, 1.165) is 11.5 Å². The molecule has 0 saturated heterocycles. The summed E-state index contributed by atoms with van der Waals surface area (Å²) in [7, 11) is 0. The normalized spacial score (nSPS) is 15.9. The maximum atomic E-state index is 5.89. The fraction of sp³-hybridized carbons (Fsp3) is 0.200. The second-order valence-corrected chi connectivity index (χ2v) is 4.65. The third-order valence-electron chi connectivity index (χ3n) is 3.28. The molecule has 79 valence electrons. The largest absolute Gasteiger partial charge is 0.457 e. The second-order valence-electron chi connectivity index (χ2n) is 4.65. The average molecular weight is 209 g/mol. The lowest BCUT2D eigenvalue weighted by atomic mass is 9.76. The van der Waals surface area contributed by atoms with Crippen molar-refractivity contribution in [3.8, 4) is 11.5 Å². The minimum Gasteiger partial charge on any atom is -0.457 e. The Bertz CT molecular complexity index is 493. The molecule has 1 heterocycles. The van der Waals surface area contributed by atoms with Crippen LogP contribution >= 0.6 is 0 Å². The molecule has 1 aliphatic heterocycles. The first-order valence-corrected chi connectivity index (χ1v) is 5.47. The molecule has 0 atom stereocenters. The summed E-state index contributed by atoms with van der Waals surface area (Å²) in [5.41, 5.74) is 2.43. The second kappa shape index (κ2) is 3.11. The Balaban J connectivity index is 2.28. The van der Waals surface area contributed by atoms with Gasteiger partial charge in [0.1, 0.15) is 11.5 Å². The van der Waals surface area contributed by atoms with Gasteiger partial charge in [0.05, 0.1) is 0 Å². The van der Waals surface area contributed by atoms with Crippen LogP contribution in [0, 0.1) is 6.07 Å². The summed E-state index contributed by atoms with van der Waals surface area (Å²) in [5.74, 6) is 1.91. The molecule has 0 spiro atoms. The van der Waals surface area contributed by atoms with E-state index in [1.807, 2.05) is 30.3 Å². The summed E-state index contributed by atoms with van der Waals surface area (Å²) in [4.78, 5) is 0. The Labute approximate surface area is 95.7 Å². The highest BCUT2D eigenvalue weighted by molar-refractivity contribution is 5.56. The van der Waals surface area contributed by atoms with Crippen molar-refractivity contribution in [3.05, 3.63) is 59.7 Å². The Kier molecular flexibility index (Phi) is 1.84. The van der Waals surface area contributed by atoms with E-state index in [4.69, 9.17) is 4.74 Å². The van der Waals surface area contributed by atoms with E-state index in [-0.39, 0.29) is 5.41 Å². The molecule has 2 aromatic rings. The van der Waals surface area contributed by atoms with Gasteiger partial charge in [-0.1, -0.05) is 38.1 Å². The molecule has 1 radical (unpaired) electrons. The smallest absolute Gasteiger partial charge is 0.131 e. The number of hydrogen-bond donors (Lipinski definition) is 0. The van der Waals surface area contributed by atoms with Gasteiger partial charge in [0, 0.05) is 16.5 Å². The van der Waals surface area contributed by atoms with E-state index in [0.29, 0.717) is 0 Å². The van der Waals surface area contributed by atoms with Crippen molar-refractivity contribution in [2.75, 3.05) is 0 Å². The lowest BCUT2D eigenvalue weighted by Crippen LogP contribution is -2.24. The molecule has 1 aliphatic rings. The van der Waals surface area contributed by atoms with Gasteiger partial charge in [0.2, 0.25) is 0 Å². The molecule has 2 aromatic carbocycles. The third-order valence-corrected chi connectivity index (χ3v) is 3.28.